The van der Waals surface area contributed by atoms with Gasteiger partial charge in [0.2, 0.25) is 0 Å². The average Bonchev–Trinajstić information content (AvgIpc) is 3.43. The molecule has 0 aromatic carbocycles. The summed E-state index contributed by atoms with van der Waals surface area (Å²) >= 11 is 0. The molecule has 3 saturated heterocycles. The summed E-state index contributed by atoms with van der Waals surface area (Å²) in [5.41, 5.74) is 0. The summed E-state index contributed by atoms with van der Waals surface area (Å²) in [5.74, 6) is 0. The molecule has 0 amide bonds. The van der Waals surface area contributed by atoms with Gasteiger partial charge in [0.25, 0.3) is 0 Å². The van der Waals surface area contributed by atoms with Crippen LogP contribution in [0.15, 0.2) is 0 Å². The number of phosphoric ester groups is 2. The van der Waals surface area contributed by atoms with Crippen LogP contribution >= 0.6 is 15.6 Å². The van der Waals surface area contributed by atoms with Crippen LogP contribution in [0, 0.1) is 0 Å². The van der Waals surface area contributed by atoms with Crippen molar-refractivity contribution in [2.24, 2.45) is 0 Å². The van der Waals surface area contributed by atoms with Gasteiger partial charge in [-0.15, -0.1) is 0 Å². The minimum absolute atomic E-state index is 0.0739. The zero-order valence-electron chi connectivity index (χ0n) is 23.2. The van der Waals surface area contributed by atoms with Gasteiger partial charge >= 0.3 is 15.6 Å². The van der Waals surface area contributed by atoms with Gasteiger partial charge in [-0.25, -0.2) is 9.13 Å². The molecule has 0 aromatic heterocycles. The van der Waals surface area contributed by atoms with Crippen LogP contribution in [0.1, 0.15) is 40.0 Å². The van der Waals surface area contributed by atoms with Crippen molar-refractivity contribution in [3.63, 3.8) is 0 Å². The van der Waals surface area contributed by atoms with E-state index >= 15 is 0 Å². The second kappa shape index (κ2) is 13.9. The maximum absolute atomic E-state index is 13.1. The van der Waals surface area contributed by atoms with E-state index in [0.29, 0.717) is 12.8 Å². The number of hydrogen-bond donors (Lipinski definition) is 2. The molecular formula is C20H41B3O13P2. The molecular weight excluding hydrogens is 543 g/mol. The van der Waals surface area contributed by atoms with Crippen molar-refractivity contribution in [2.45, 2.75) is 107 Å². The Morgan fingerprint density at radius 2 is 1.42 bits per heavy atom. The number of methoxy groups -OCH3 is 1. The fourth-order valence-corrected chi connectivity index (χ4v) is 7.21. The van der Waals surface area contributed by atoms with Gasteiger partial charge in [-0.2, -0.15) is 0 Å². The van der Waals surface area contributed by atoms with E-state index in [4.69, 9.17) is 41.8 Å². The lowest BCUT2D eigenvalue weighted by atomic mass is 9.93. The first-order valence-corrected chi connectivity index (χ1v) is 16.2. The molecule has 3 rings (SSSR count). The van der Waals surface area contributed by atoms with Gasteiger partial charge < -0.3 is 33.5 Å². The van der Waals surface area contributed by atoms with E-state index in [1.54, 1.807) is 15.7 Å². The van der Waals surface area contributed by atoms with Crippen LogP contribution in [0.25, 0.3) is 0 Å². The van der Waals surface area contributed by atoms with E-state index in [1.807, 2.05) is 28.6 Å². The quantitative estimate of drug-likeness (QED) is 0.191. The highest BCUT2D eigenvalue weighted by Crippen LogP contribution is 2.52. The van der Waals surface area contributed by atoms with Crippen LogP contribution in [-0.2, 0) is 50.9 Å². The van der Waals surface area contributed by atoms with Crippen molar-refractivity contribution in [1.29, 1.82) is 0 Å². The summed E-state index contributed by atoms with van der Waals surface area (Å²) < 4.78 is 75.7. The molecule has 0 aromatic rings. The number of ether oxygens (including phenoxy) is 5. The topological polar surface area (TPSA) is 158 Å². The van der Waals surface area contributed by atoms with E-state index in [9.17, 15) is 18.9 Å². The molecule has 218 valence electrons. The first kappa shape index (κ1) is 32.7. The lowest BCUT2D eigenvalue weighted by molar-refractivity contribution is -0.0581. The van der Waals surface area contributed by atoms with E-state index in [0.717, 1.165) is 0 Å². The molecule has 13 nitrogen and oxygen atoms in total. The Morgan fingerprint density at radius 1 is 0.842 bits per heavy atom. The van der Waals surface area contributed by atoms with Gasteiger partial charge in [0.15, 0.2) is 0 Å². The predicted molar refractivity (Wildman–Crippen MR) is 143 cm³/mol. The Kier molecular flexibility index (Phi) is 12.0. The van der Waals surface area contributed by atoms with Crippen LogP contribution in [0.5, 0.6) is 0 Å². The van der Waals surface area contributed by atoms with Crippen molar-refractivity contribution in [1.82, 2.24) is 0 Å². The molecule has 38 heavy (non-hydrogen) atoms. The third kappa shape index (κ3) is 9.11. The molecule has 0 radical (unpaired) electrons. The summed E-state index contributed by atoms with van der Waals surface area (Å²) in [5, 5.41) is 0. The number of rotatable bonds is 14. The molecule has 3 aliphatic rings. The monoisotopic (exact) mass is 584 g/mol. The molecule has 2 N–H and O–H groups in total. The van der Waals surface area contributed by atoms with Crippen molar-refractivity contribution in [2.75, 3.05) is 20.3 Å². The molecule has 0 aliphatic carbocycles. The summed E-state index contributed by atoms with van der Waals surface area (Å²) in [6.07, 6.45) is -3.66. The smallest absolute Gasteiger partial charge is 0.381 e. The SMILES string of the molecule is BC1CC(OP(=O)(O)OCC2OC(B)CC2OP(=O)(O)OC2C(COC(C)C)OC(B)[C@@H]2OC)C(CC)O1. The normalized spacial score (nSPS) is 40.9. The lowest BCUT2D eigenvalue weighted by Crippen LogP contribution is -2.39. The van der Waals surface area contributed by atoms with Crippen LogP contribution < -0.4 is 0 Å². The molecule has 0 saturated carbocycles. The van der Waals surface area contributed by atoms with Gasteiger partial charge in [-0.3, -0.25) is 18.1 Å². The Morgan fingerprint density at radius 3 is 2.00 bits per heavy atom. The predicted octanol–water partition coefficient (Wildman–Crippen LogP) is -0.936. The van der Waals surface area contributed by atoms with Gasteiger partial charge in [-0.05, 0) is 33.1 Å². The molecule has 12 atom stereocenters. The Bertz CT molecular complexity index is 857. The number of hydrogen-bond acceptors (Lipinski definition) is 11. The van der Waals surface area contributed by atoms with Gasteiger partial charge in [0.05, 0.1) is 43.6 Å². The van der Waals surface area contributed by atoms with Gasteiger partial charge in [0, 0.05) is 19.1 Å². The van der Waals surface area contributed by atoms with Crippen LogP contribution in [0.2, 0.25) is 0 Å². The van der Waals surface area contributed by atoms with Crippen molar-refractivity contribution in [3.8, 4) is 0 Å². The highest BCUT2D eigenvalue weighted by molar-refractivity contribution is 7.47. The fraction of sp³-hybridized carbons (Fsp3) is 1.00. The minimum atomic E-state index is -4.65. The molecule has 11 unspecified atom stereocenters. The van der Waals surface area contributed by atoms with Gasteiger partial charge in [0.1, 0.15) is 48.0 Å². The van der Waals surface area contributed by atoms with Crippen LogP contribution in [-0.4, -0.2) is 120 Å². The number of phosphoric acid groups is 2. The molecule has 0 spiro atoms. The summed E-state index contributed by atoms with van der Waals surface area (Å²) in [4.78, 5) is 21.0. The van der Waals surface area contributed by atoms with E-state index < -0.39 is 64.9 Å². The standard InChI is InChI=1S/C20H41B3O13P2/c1-5-11-12(6-16(21)31-11)34-37(24,25)30-9-14-13(7-17(22)32-14)35-38(26,27)36-18-15(8-29-10(2)3)33-20(23)19(18)28-4/h10-20H,5-9,21-23H2,1-4H3,(H,24,25)(H,26,27)/t11?,12?,13?,14?,15?,16?,17?,18?,19-,20?/m1/s1. The van der Waals surface area contributed by atoms with E-state index in [2.05, 4.69) is 0 Å². The van der Waals surface area contributed by atoms with Crippen molar-refractivity contribution in [3.05, 3.63) is 0 Å². The third-order valence-electron chi connectivity index (χ3n) is 6.78. The minimum Gasteiger partial charge on any atom is -0.381 e. The van der Waals surface area contributed by atoms with E-state index in [-0.39, 0.29) is 37.2 Å². The van der Waals surface area contributed by atoms with Crippen LogP contribution in [0.4, 0.5) is 0 Å². The molecule has 3 aliphatic heterocycles. The molecule has 3 fully saturated rings. The van der Waals surface area contributed by atoms with Crippen LogP contribution in [0.3, 0.4) is 0 Å². The second-order valence-corrected chi connectivity index (χ2v) is 13.2. The maximum atomic E-state index is 13.1. The Labute approximate surface area is 227 Å². The zero-order valence-corrected chi connectivity index (χ0v) is 25.0. The summed E-state index contributed by atoms with van der Waals surface area (Å²) in [7, 11) is -2.25. The fourth-order valence-electron chi connectivity index (χ4n) is 5.07. The Hall–Kier alpha value is 0.215. The molecule has 3 heterocycles. The largest absolute Gasteiger partial charge is 0.473 e. The second-order valence-electron chi connectivity index (χ2n) is 10.4. The summed E-state index contributed by atoms with van der Waals surface area (Å²) in [6.45, 7) is 5.39. The lowest BCUT2D eigenvalue weighted by Gasteiger charge is -2.28. The average molecular weight is 584 g/mol. The highest BCUT2D eigenvalue weighted by atomic mass is 31.2. The van der Waals surface area contributed by atoms with Crippen molar-refractivity contribution < 1.29 is 60.7 Å². The summed E-state index contributed by atoms with van der Waals surface area (Å²) in [6, 6.07) is -0.848. The van der Waals surface area contributed by atoms with Crippen molar-refractivity contribution >= 4 is 39.2 Å². The highest BCUT2D eigenvalue weighted by Gasteiger charge is 2.49. The van der Waals surface area contributed by atoms with Gasteiger partial charge in [-0.1, -0.05) is 6.92 Å². The first-order valence-electron chi connectivity index (χ1n) is 13.2. The maximum Gasteiger partial charge on any atom is 0.473 e. The molecule has 18 heteroatoms. The Balaban J connectivity index is 1.59. The zero-order chi connectivity index (χ0) is 28.3. The third-order valence-corrected chi connectivity index (χ3v) is 8.84. The van der Waals surface area contributed by atoms with E-state index in [1.165, 1.54) is 7.11 Å². The first-order chi connectivity index (χ1) is 17.7. The molecule has 0 bridgehead atoms.